The Balaban J connectivity index is 2.88. The molecule has 2 N–H and O–H groups in total. The summed E-state index contributed by atoms with van der Waals surface area (Å²) in [5, 5.41) is 0.691. The predicted molar refractivity (Wildman–Crippen MR) is 51.0 cm³/mol. The van der Waals surface area contributed by atoms with E-state index in [2.05, 4.69) is 18.8 Å². The quantitative estimate of drug-likeness (QED) is 0.767. The van der Waals surface area contributed by atoms with E-state index in [0.717, 1.165) is 5.69 Å². The molecule has 0 amide bonds. The smallest absolute Gasteiger partial charge is 0.0588 e. The van der Waals surface area contributed by atoms with Crippen LogP contribution in [0.4, 0.5) is 0 Å². The molecule has 0 radical (unpaired) electrons. The fraction of sp³-hybridized carbons (Fsp3) is 0.444. The first-order valence-corrected chi connectivity index (χ1v) is 4.36. The summed E-state index contributed by atoms with van der Waals surface area (Å²) < 4.78 is 0. The lowest BCUT2D eigenvalue weighted by Gasteiger charge is -2.14. The highest BCUT2D eigenvalue weighted by Gasteiger charge is 2.11. The van der Waals surface area contributed by atoms with E-state index in [1.54, 1.807) is 12.3 Å². The number of hydrogen-bond acceptors (Lipinski definition) is 2. The topological polar surface area (TPSA) is 38.9 Å². The predicted octanol–water partition coefficient (Wildman–Crippen LogP) is 2.39. The first-order valence-electron chi connectivity index (χ1n) is 3.98. The summed E-state index contributed by atoms with van der Waals surface area (Å²) in [6.07, 6.45) is 1.68. The Morgan fingerprint density at radius 1 is 1.50 bits per heavy atom. The molecule has 0 aliphatic rings. The zero-order valence-electron chi connectivity index (χ0n) is 7.29. The van der Waals surface area contributed by atoms with Gasteiger partial charge < -0.3 is 5.73 Å². The van der Waals surface area contributed by atoms with Gasteiger partial charge in [0.15, 0.2) is 0 Å². The van der Waals surface area contributed by atoms with Crippen molar-refractivity contribution in [3.8, 4) is 0 Å². The molecule has 1 aromatic heterocycles. The second kappa shape index (κ2) is 3.87. The number of halogens is 1. The summed E-state index contributed by atoms with van der Waals surface area (Å²) in [6, 6.07) is 3.54. The molecule has 0 unspecified atom stereocenters. The number of nitrogens with zero attached hydrogens (tertiary/aromatic N) is 1. The minimum atomic E-state index is -0.0244. The van der Waals surface area contributed by atoms with E-state index in [-0.39, 0.29) is 6.04 Å². The van der Waals surface area contributed by atoms with Gasteiger partial charge in [0.25, 0.3) is 0 Å². The van der Waals surface area contributed by atoms with Crippen molar-refractivity contribution in [3.05, 3.63) is 29.0 Å². The summed E-state index contributed by atoms with van der Waals surface area (Å²) in [4.78, 5) is 4.15. The maximum Gasteiger partial charge on any atom is 0.0588 e. The van der Waals surface area contributed by atoms with Gasteiger partial charge in [-0.15, -0.1) is 0 Å². The Morgan fingerprint density at radius 3 is 2.67 bits per heavy atom. The Hall–Kier alpha value is -0.600. The van der Waals surface area contributed by atoms with Crippen molar-refractivity contribution in [1.29, 1.82) is 0 Å². The Kier molecular flexibility index (Phi) is 3.06. The number of rotatable bonds is 2. The van der Waals surface area contributed by atoms with Gasteiger partial charge >= 0.3 is 0 Å². The lowest BCUT2D eigenvalue weighted by molar-refractivity contribution is 0.503. The molecule has 0 spiro atoms. The van der Waals surface area contributed by atoms with Crippen LogP contribution in [-0.2, 0) is 0 Å². The van der Waals surface area contributed by atoms with Gasteiger partial charge in [-0.05, 0) is 18.1 Å². The highest BCUT2D eigenvalue weighted by Crippen LogP contribution is 2.18. The van der Waals surface area contributed by atoms with E-state index in [1.807, 2.05) is 6.07 Å². The Morgan fingerprint density at radius 2 is 2.17 bits per heavy atom. The number of hydrogen-bond donors (Lipinski definition) is 1. The minimum absolute atomic E-state index is 0.0244. The van der Waals surface area contributed by atoms with Crippen LogP contribution in [0.15, 0.2) is 18.3 Å². The SMILES string of the molecule is CC(C)[C@H](N)c1cc(Cl)ccn1. The molecular formula is C9H13ClN2. The van der Waals surface area contributed by atoms with Crippen LogP contribution in [0.5, 0.6) is 0 Å². The van der Waals surface area contributed by atoms with Crippen LogP contribution in [0.2, 0.25) is 5.02 Å². The molecule has 0 aliphatic carbocycles. The monoisotopic (exact) mass is 184 g/mol. The van der Waals surface area contributed by atoms with E-state index in [1.165, 1.54) is 0 Å². The fourth-order valence-electron chi connectivity index (χ4n) is 0.945. The zero-order chi connectivity index (χ0) is 9.14. The molecule has 0 saturated carbocycles. The van der Waals surface area contributed by atoms with E-state index < -0.39 is 0 Å². The molecule has 0 saturated heterocycles. The molecule has 3 heteroatoms. The molecule has 66 valence electrons. The highest BCUT2D eigenvalue weighted by atomic mass is 35.5. The molecule has 0 aromatic carbocycles. The van der Waals surface area contributed by atoms with Crippen LogP contribution in [0.25, 0.3) is 0 Å². The first-order chi connectivity index (χ1) is 5.61. The Bertz CT molecular complexity index is 260. The van der Waals surface area contributed by atoms with Crippen molar-refractivity contribution in [2.75, 3.05) is 0 Å². The molecule has 1 heterocycles. The van der Waals surface area contributed by atoms with Crippen LogP contribution in [-0.4, -0.2) is 4.98 Å². The normalized spacial score (nSPS) is 13.4. The Labute approximate surface area is 77.8 Å². The average Bonchev–Trinajstić information content (AvgIpc) is 2.03. The average molecular weight is 185 g/mol. The van der Waals surface area contributed by atoms with Crippen molar-refractivity contribution in [2.45, 2.75) is 19.9 Å². The largest absolute Gasteiger partial charge is 0.322 e. The second-order valence-corrected chi connectivity index (χ2v) is 3.61. The summed E-state index contributed by atoms with van der Waals surface area (Å²) in [7, 11) is 0. The van der Waals surface area contributed by atoms with E-state index in [9.17, 15) is 0 Å². The third kappa shape index (κ3) is 2.19. The number of aromatic nitrogens is 1. The lowest BCUT2D eigenvalue weighted by atomic mass is 10.0. The lowest BCUT2D eigenvalue weighted by Crippen LogP contribution is -2.17. The first kappa shape index (κ1) is 9.49. The van der Waals surface area contributed by atoms with Crippen LogP contribution >= 0.6 is 11.6 Å². The summed E-state index contributed by atoms with van der Waals surface area (Å²) in [5.41, 5.74) is 6.74. The van der Waals surface area contributed by atoms with Gasteiger partial charge in [0.05, 0.1) is 5.69 Å². The van der Waals surface area contributed by atoms with Gasteiger partial charge in [-0.1, -0.05) is 25.4 Å². The van der Waals surface area contributed by atoms with Crippen molar-refractivity contribution in [1.82, 2.24) is 4.98 Å². The van der Waals surface area contributed by atoms with Crippen molar-refractivity contribution >= 4 is 11.6 Å². The third-order valence-corrected chi connectivity index (χ3v) is 2.04. The molecule has 1 atom stereocenters. The van der Waals surface area contributed by atoms with Crippen molar-refractivity contribution in [3.63, 3.8) is 0 Å². The van der Waals surface area contributed by atoms with E-state index >= 15 is 0 Å². The fourth-order valence-corrected chi connectivity index (χ4v) is 1.11. The zero-order valence-corrected chi connectivity index (χ0v) is 8.05. The molecule has 0 bridgehead atoms. The molecule has 1 rings (SSSR count). The molecule has 2 nitrogen and oxygen atoms in total. The van der Waals surface area contributed by atoms with E-state index in [4.69, 9.17) is 17.3 Å². The van der Waals surface area contributed by atoms with Gasteiger partial charge in [0, 0.05) is 17.3 Å². The molecule has 0 aliphatic heterocycles. The van der Waals surface area contributed by atoms with Gasteiger partial charge in [-0.2, -0.15) is 0 Å². The van der Waals surface area contributed by atoms with Gasteiger partial charge in [-0.25, -0.2) is 0 Å². The summed E-state index contributed by atoms with van der Waals surface area (Å²) in [5.74, 6) is 0.385. The maximum atomic E-state index is 5.89. The van der Waals surface area contributed by atoms with Crippen LogP contribution in [0.3, 0.4) is 0 Å². The second-order valence-electron chi connectivity index (χ2n) is 3.17. The van der Waals surface area contributed by atoms with Gasteiger partial charge in [-0.3, -0.25) is 4.98 Å². The molecule has 12 heavy (non-hydrogen) atoms. The summed E-state index contributed by atoms with van der Waals surface area (Å²) in [6.45, 7) is 4.13. The third-order valence-electron chi connectivity index (χ3n) is 1.80. The van der Waals surface area contributed by atoms with Gasteiger partial charge in [0.1, 0.15) is 0 Å². The highest BCUT2D eigenvalue weighted by molar-refractivity contribution is 6.30. The van der Waals surface area contributed by atoms with Crippen LogP contribution in [0.1, 0.15) is 25.6 Å². The molecule has 0 fully saturated rings. The maximum absolute atomic E-state index is 5.89. The van der Waals surface area contributed by atoms with Crippen LogP contribution in [0, 0.1) is 5.92 Å². The van der Waals surface area contributed by atoms with Crippen molar-refractivity contribution in [2.24, 2.45) is 11.7 Å². The molecule has 1 aromatic rings. The van der Waals surface area contributed by atoms with E-state index in [0.29, 0.717) is 10.9 Å². The molecular weight excluding hydrogens is 172 g/mol. The van der Waals surface area contributed by atoms with Crippen molar-refractivity contribution < 1.29 is 0 Å². The van der Waals surface area contributed by atoms with Crippen LogP contribution < -0.4 is 5.73 Å². The summed E-state index contributed by atoms with van der Waals surface area (Å²) >= 11 is 5.80. The number of nitrogens with two attached hydrogens (primary N) is 1. The standard InChI is InChI=1S/C9H13ClN2/c1-6(2)9(11)8-5-7(10)3-4-12-8/h3-6,9H,11H2,1-2H3/t9-/m0/s1. The minimum Gasteiger partial charge on any atom is -0.322 e. The number of pyridine rings is 1. The van der Waals surface area contributed by atoms with Gasteiger partial charge in [0.2, 0.25) is 0 Å².